The van der Waals surface area contributed by atoms with Crippen molar-refractivity contribution in [1.82, 2.24) is 16.0 Å². The summed E-state index contributed by atoms with van der Waals surface area (Å²) in [5, 5.41) is 26.0. The first kappa shape index (κ1) is 26.1. The first-order valence-corrected chi connectivity index (χ1v) is 10.4. The lowest BCUT2D eigenvalue weighted by Crippen LogP contribution is -2.57. The number of aliphatic hydroxyl groups excluding tert-OH is 1. The Morgan fingerprint density at radius 2 is 1.68 bits per heavy atom. The van der Waals surface area contributed by atoms with Crippen LogP contribution in [0.3, 0.4) is 0 Å². The third kappa shape index (κ3) is 10.5. The molecule has 162 valence electrons. The highest BCUT2D eigenvalue weighted by molar-refractivity contribution is 7.98. The largest absolute Gasteiger partial charge is 0.480 e. The van der Waals surface area contributed by atoms with Crippen molar-refractivity contribution in [3.8, 4) is 0 Å². The Balaban J connectivity index is 4.74. The molecule has 0 radical (unpaired) electrons. The number of carbonyl (C=O) groups is 4. The Morgan fingerprint density at radius 3 is 2.14 bits per heavy atom. The van der Waals surface area contributed by atoms with E-state index in [2.05, 4.69) is 16.0 Å². The van der Waals surface area contributed by atoms with Gasteiger partial charge in [0.15, 0.2) is 0 Å². The number of nitrogens with one attached hydrogen (secondary N) is 3. The molecule has 0 aromatic carbocycles. The number of rotatable bonds is 13. The lowest BCUT2D eigenvalue weighted by molar-refractivity contribution is -0.143. The summed E-state index contributed by atoms with van der Waals surface area (Å²) in [5.74, 6) is -2.51. The monoisotopic (exact) mass is 420 g/mol. The molecule has 7 N–H and O–H groups in total. The maximum absolute atomic E-state index is 12.3. The van der Waals surface area contributed by atoms with Gasteiger partial charge in [0.2, 0.25) is 17.7 Å². The molecule has 0 aliphatic carbocycles. The highest BCUT2D eigenvalue weighted by atomic mass is 32.2. The summed E-state index contributed by atoms with van der Waals surface area (Å²) >= 11 is 1.54. The summed E-state index contributed by atoms with van der Waals surface area (Å²) in [7, 11) is 0. The van der Waals surface area contributed by atoms with E-state index in [1.165, 1.54) is 6.92 Å². The van der Waals surface area contributed by atoms with Crippen LogP contribution in [0.4, 0.5) is 0 Å². The van der Waals surface area contributed by atoms with Crippen LogP contribution in [0.2, 0.25) is 0 Å². The number of hydrogen-bond acceptors (Lipinski definition) is 7. The molecule has 0 aromatic heterocycles. The molecule has 0 spiro atoms. The maximum Gasteiger partial charge on any atom is 0.326 e. The van der Waals surface area contributed by atoms with Gasteiger partial charge in [-0.1, -0.05) is 13.8 Å². The third-order valence-corrected chi connectivity index (χ3v) is 4.44. The Labute approximate surface area is 169 Å². The van der Waals surface area contributed by atoms with Crippen molar-refractivity contribution in [3.05, 3.63) is 0 Å². The van der Waals surface area contributed by atoms with E-state index in [1.807, 2.05) is 20.1 Å². The van der Waals surface area contributed by atoms with Crippen molar-refractivity contribution in [2.24, 2.45) is 11.7 Å². The number of aliphatic hydroxyl groups is 1. The Bertz CT molecular complexity index is 544. The van der Waals surface area contributed by atoms with Crippen LogP contribution >= 0.6 is 11.8 Å². The predicted molar refractivity (Wildman–Crippen MR) is 107 cm³/mol. The molecule has 10 nitrogen and oxygen atoms in total. The second-order valence-electron chi connectivity index (χ2n) is 6.92. The topological polar surface area (TPSA) is 171 Å². The van der Waals surface area contributed by atoms with Crippen molar-refractivity contribution in [3.63, 3.8) is 0 Å². The van der Waals surface area contributed by atoms with Crippen LogP contribution < -0.4 is 21.7 Å². The van der Waals surface area contributed by atoms with Crippen LogP contribution in [0.15, 0.2) is 0 Å². The molecule has 0 aliphatic rings. The summed E-state index contributed by atoms with van der Waals surface area (Å²) < 4.78 is 0. The average Bonchev–Trinajstić information content (AvgIpc) is 2.60. The van der Waals surface area contributed by atoms with Crippen molar-refractivity contribution in [2.45, 2.75) is 57.8 Å². The van der Waals surface area contributed by atoms with Crippen LogP contribution in [0.1, 0.15) is 33.6 Å². The fraction of sp³-hybridized carbons (Fsp3) is 0.765. The fourth-order valence-corrected chi connectivity index (χ4v) is 2.75. The van der Waals surface area contributed by atoms with Gasteiger partial charge in [0.25, 0.3) is 0 Å². The van der Waals surface area contributed by atoms with Crippen LogP contribution in [0, 0.1) is 5.92 Å². The minimum atomic E-state index is -1.36. The molecule has 0 aliphatic heterocycles. The first-order chi connectivity index (χ1) is 13.0. The maximum atomic E-state index is 12.3. The number of carboxylic acid groups (broad SMARTS) is 1. The molecule has 11 heteroatoms. The fourth-order valence-electron chi connectivity index (χ4n) is 2.26. The second kappa shape index (κ2) is 13.3. The summed E-state index contributed by atoms with van der Waals surface area (Å²) in [5.41, 5.74) is 5.69. The van der Waals surface area contributed by atoms with E-state index < -0.39 is 54.5 Å². The second-order valence-corrected chi connectivity index (χ2v) is 7.91. The van der Waals surface area contributed by atoms with Gasteiger partial charge in [0, 0.05) is 0 Å². The minimum Gasteiger partial charge on any atom is -0.480 e. The summed E-state index contributed by atoms with van der Waals surface area (Å²) in [6, 6.07) is -3.24. The third-order valence-electron chi connectivity index (χ3n) is 3.80. The molecule has 3 amide bonds. The molecule has 0 rings (SSSR count). The highest BCUT2D eigenvalue weighted by Crippen LogP contribution is 2.06. The standard InChI is InChI=1S/C17H32N4O6S/c1-9(2)7-12(17(26)27)20-16(25)14(10(3)22)21-13(23)8-19-15(24)11(18)5-6-28-4/h9-12,14,22H,5-8,18H2,1-4H3,(H,19,24)(H,20,25)(H,21,23)(H,26,27). The molecule has 0 aromatic rings. The minimum absolute atomic E-state index is 0.0199. The van der Waals surface area contributed by atoms with E-state index in [4.69, 9.17) is 5.73 Å². The molecule has 0 saturated heterocycles. The number of thioether (sulfide) groups is 1. The van der Waals surface area contributed by atoms with E-state index in [0.29, 0.717) is 12.2 Å². The van der Waals surface area contributed by atoms with E-state index in [-0.39, 0.29) is 12.3 Å². The van der Waals surface area contributed by atoms with Crippen LogP contribution in [-0.2, 0) is 19.2 Å². The lowest BCUT2D eigenvalue weighted by atomic mass is 10.0. The SMILES string of the molecule is CSCCC(N)C(=O)NCC(=O)NC(C(=O)NC(CC(C)C)C(=O)O)C(C)O. The van der Waals surface area contributed by atoms with Gasteiger partial charge in [0.1, 0.15) is 12.1 Å². The molecule has 0 fully saturated rings. The molecule has 0 saturated carbocycles. The summed E-state index contributed by atoms with van der Waals surface area (Å²) in [6.45, 7) is 4.49. The molecule has 0 bridgehead atoms. The first-order valence-electron chi connectivity index (χ1n) is 9.02. The lowest BCUT2D eigenvalue weighted by Gasteiger charge is -2.24. The van der Waals surface area contributed by atoms with Crippen molar-refractivity contribution < 1.29 is 29.4 Å². The smallest absolute Gasteiger partial charge is 0.326 e. The number of hydrogen-bond donors (Lipinski definition) is 6. The number of nitrogens with two attached hydrogens (primary N) is 1. The van der Waals surface area contributed by atoms with Gasteiger partial charge >= 0.3 is 5.97 Å². The molecule has 4 atom stereocenters. The van der Waals surface area contributed by atoms with Gasteiger partial charge in [-0.25, -0.2) is 4.79 Å². The molecular weight excluding hydrogens is 388 g/mol. The van der Waals surface area contributed by atoms with Crippen molar-refractivity contribution in [2.75, 3.05) is 18.6 Å². The van der Waals surface area contributed by atoms with Crippen molar-refractivity contribution in [1.29, 1.82) is 0 Å². The van der Waals surface area contributed by atoms with Crippen LogP contribution in [0.5, 0.6) is 0 Å². The summed E-state index contributed by atoms with van der Waals surface area (Å²) in [4.78, 5) is 47.4. The molecule has 4 unspecified atom stereocenters. The van der Waals surface area contributed by atoms with Gasteiger partial charge in [0.05, 0.1) is 18.7 Å². The number of amides is 3. The Kier molecular flexibility index (Phi) is 12.5. The normalized spacial score (nSPS) is 15.2. The Hall–Kier alpha value is -1.85. The van der Waals surface area contributed by atoms with Crippen LogP contribution in [-0.4, -0.2) is 76.7 Å². The number of carbonyl (C=O) groups excluding carboxylic acids is 3. The summed E-state index contributed by atoms with van der Waals surface area (Å²) in [6.07, 6.45) is 1.28. The molecular formula is C17H32N4O6S. The number of carboxylic acids is 1. The zero-order valence-electron chi connectivity index (χ0n) is 16.7. The van der Waals surface area contributed by atoms with Gasteiger partial charge in [-0.3, -0.25) is 14.4 Å². The highest BCUT2D eigenvalue weighted by Gasteiger charge is 2.30. The zero-order chi connectivity index (χ0) is 21.9. The van der Waals surface area contributed by atoms with E-state index in [1.54, 1.807) is 11.8 Å². The van der Waals surface area contributed by atoms with Crippen LogP contribution in [0.25, 0.3) is 0 Å². The molecule has 28 heavy (non-hydrogen) atoms. The molecule has 0 heterocycles. The predicted octanol–water partition coefficient (Wildman–Crippen LogP) is -1.34. The quantitative estimate of drug-likeness (QED) is 0.213. The van der Waals surface area contributed by atoms with Gasteiger partial charge in [-0.05, 0) is 37.7 Å². The average molecular weight is 421 g/mol. The Morgan fingerprint density at radius 1 is 1.07 bits per heavy atom. The number of aliphatic carboxylic acids is 1. The van der Waals surface area contributed by atoms with Gasteiger partial charge in [-0.15, -0.1) is 0 Å². The van der Waals surface area contributed by atoms with E-state index in [0.717, 1.165) is 0 Å². The van der Waals surface area contributed by atoms with E-state index >= 15 is 0 Å². The van der Waals surface area contributed by atoms with Crippen molar-refractivity contribution >= 4 is 35.5 Å². The van der Waals surface area contributed by atoms with Gasteiger partial charge < -0.3 is 31.9 Å². The zero-order valence-corrected chi connectivity index (χ0v) is 17.5. The van der Waals surface area contributed by atoms with Gasteiger partial charge in [-0.2, -0.15) is 11.8 Å². The van der Waals surface area contributed by atoms with E-state index in [9.17, 15) is 29.4 Å².